The standard InChI is InChI=1S/C24H25FN4O2S/c1-2-3-14-26-21(30)13-12-20-23(31)29-22(27-20)17-9-5-7-11-19(17)28-24(29)32-15-16-8-4-6-10-18(16)25/h4-11,20H,2-3,12-15H2,1H3,(H,26,30). The Morgan fingerprint density at radius 3 is 2.78 bits per heavy atom. The third-order valence-electron chi connectivity index (χ3n) is 5.36. The molecule has 6 nitrogen and oxygen atoms in total. The van der Waals surface area contributed by atoms with Crippen molar-refractivity contribution in [3.8, 4) is 0 Å². The topological polar surface area (TPSA) is 74.1 Å². The number of amidine groups is 2. The Bertz CT molecular complexity index is 1090. The van der Waals surface area contributed by atoms with E-state index in [9.17, 15) is 14.0 Å². The quantitative estimate of drug-likeness (QED) is 0.603. The zero-order chi connectivity index (χ0) is 22.5. The molecule has 1 unspecified atom stereocenters. The molecule has 8 heteroatoms. The van der Waals surface area contributed by atoms with Crippen molar-refractivity contribution in [2.75, 3.05) is 6.54 Å². The number of hydrogen-bond acceptors (Lipinski definition) is 5. The van der Waals surface area contributed by atoms with Gasteiger partial charge in [0.15, 0.2) is 5.17 Å². The number of nitrogens with zero attached hydrogens (tertiary/aromatic N) is 3. The van der Waals surface area contributed by atoms with E-state index in [1.165, 1.54) is 22.7 Å². The lowest BCUT2D eigenvalue weighted by molar-refractivity contribution is -0.125. The number of fused-ring (bicyclic) bond motifs is 3. The summed E-state index contributed by atoms with van der Waals surface area (Å²) in [6.07, 6.45) is 2.52. The number of aliphatic imine (C=N–C) groups is 2. The molecule has 2 aromatic rings. The summed E-state index contributed by atoms with van der Waals surface area (Å²) in [5.74, 6) is 0.337. The van der Waals surface area contributed by atoms with Gasteiger partial charge in [-0.05, 0) is 36.6 Å². The molecule has 2 aromatic carbocycles. The zero-order valence-corrected chi connectivity index (χ0v) is 18.7. The predicted octanol–water partition coefficient (Wildman–Crippen LogP) is 4.41. The molecule has 0 spiro atoms. The fourth-order valence-electron chi connectivity index (χ4n) is 3.61. The molecule has 2 aliphatic rings. The van der Waals surface area contributed by atoms with Crippen molar-refractivity contribution in [3.05, 3.63) is 65.5 Å². The second kappa shape index (κ2) is 10.1. The Morgan fingerprint density at radius 2 is 1.97 bits per heavy atom. The van der Waals surface area contributed by atoms with Crippen LogP contribution < -0.4 is 5.32 Å². The molecule has 32 heavy (non-hydrogen) atoms. The Balaban J connectivity index is 1.52. The minimum atomic E-state index is -0.632. The third kappa shape index (κ3) is 4.75. The molecule has 0 aromatic heterocycles. The van der Waals surface area contributed by atoms with Crippen LogP contribution in [0.4, 0.5) is 10.1 Å². The molecular weight excluding hydrogens is 427 g/mol. The van der Waals surface area contributed by atoms with Gasteiger partial charge in [0.1, 0.15) is 17.7 Å². The van der Waals surface area contributed by atoms with Crippen molar-refractivity contribution in [3.63, 3.8) is 0 Å². The SMILES string of the molecule is CCCCNC(=O)CCC1N=C2c3ccccc3N=C(SCc3ccccc3F)N2C1=O. The van der Waals surface area contributed by atoms with E-state index >= 15 is 0 Å². The molecule has 0 saturated heterocycles. The normalized spacial score (nSPS) is 16.9. The van der Waals surface area contributed by atoms with E-state index in [1.807, 2.05) is 24.3 Å². The fraction of sp³-hybridized carbons (Fsp3) is 0.333. The lowest BCUT2D eigenvalue weighted by Gasteiger charge is -2.25. The maximum atomic E-state index is 14.1. The molecule has 2 amide bonds. The van der Waals surface area contributed by atoms with Crippen LogP contribution in [0.15, 0.2) is 58.5 Å². The summed E-state index contributed by atoms with van der Waals surface area (Å²) in [7, 11) is 0. The number of unbranched alkanes of at least 4 members (excludes halogenated alkanes) is 1. The van der Waals surface area contributed by atoms with E-state index in [1.54, 1.807) is 18.2 Å². The Morgan fingerprint density at radius 1 is 1.19 bits per heavy atom. The van der Waals surface area contributed by atoms with Crippen LogP contribution in [0.25, 0.3) is 0 Å². The molecule has 2 aliphatic heterocycles. The Kier molecular flexibility index (Phi) is 6.99. The lowest BCUT2D eigenvalue weighted by atomic mass is 10.1. The number of para-hydroxylation sites is 1. The van der Waals surface area contributed by atoms with Crippen molar-refractivity contribution < 1.29 is 14.0 Å². The highest BCUT2D eigenvalue weighted by molar-refractivity contribution is 8.13. The Hall–Kier alpha value is -3.00. The van der Waals surface area contributed by atoms with Crippen LogP contribution in [0.5, 0.6) is 0 Å². The molecule has 2 heterocycles. The number of amides is 2. The first kappa shape index (κ1) is 22.2. The highest BCUT2D eigenvalue weighted by Crippen LogP contribution is 2.35. The molecule has 0 bridgehead atoms. The largest absolute Gasteiger partial charge is 0.356 e. The molecular formula is C24H25FN4O2S. The number of thioether (sulfide) groups is 1. The van der Waals surface area contributed by atoms with E-state index in [0.29, 0.717) is 35.3 Å². The average molecular weight is 453 g/mol. The summed E-state index contributed by atoms with van der Waals surface area (Å²) in [5.41, 5.74) is 2.06. The summed E-state index contributed by atoms with van der Waals surface area (Å²) in [6, 6.07) is 13.5. The second-order valence-electron chi connectivity index (χ2n) is 7.68. The van der Waals surface area contributed by atoms with Gasteiger partial charge in [-0.15, -0.1) is 0 Å². The first-order chi connectivity index (χ1) is 15.6. The van der Waals surface area contributed by atoms with Crippen molar-refractivity contribution in [2.45, 2.75) is 44.4 Å². The van der Waals surface area contributed by atoms with E-state index in [2.05, 4.69) is 22.2 Å². The van der Waals surface area contributed by atoms with Crippen LogP contribution in [0.2, 0.25) is 0 Å². The van der Waals surface area contributed by atoms with Gasteiger partial charge in [-0.2, -0.15) is 0 Å². The minimum Gasteiger partial charge on any atom is -0.356 e. The monoisotopic (exact) mass is 452 g/mol. The average Bonchev–Trinajstić information content (AvgIpc) is 3.14. The van der Waals surface area contributed by atoms with Gasteiger partial charge in [0.25, 0.3) is 5.91 Å². The van der Waals surface area contributed by atoms with Gasteiger partial charge < -0.3 is 5.32 Å². The minimum absolute atomic E-state index is 0.0699. The van der Waals surface area contributed by atoms with Gasteiger partial charge in [0.05, 0.1) is 5.69 Å². The molecule has 1 N–H and O–H groups in total. The van der Waals surface area contributed by atoms with Gasteiger partial charge in [-0.3, -0.25) is 14.6 Å². The van der Waals surface area contributed by atoms with Crippen LogP contribution >= 0.6 is 11.8 Å². The van der Waals surface area contributed by atoms with E-state index in [-0.39, 0.29) is 24.1 Å². The van der Waals surface area contributed by atoms with Crippen LogP contribution in [0, 0.1) is 5.82 Å². The summed E-state index contributed by atoms with van der Waals surface area (Å²) in [5, 5.41) is 3.36. The number of benzene rings is 2. The van der Waals surface area contributed by atoms with Crippen LogP contribution in [-0.2, 0) is 15.3 Å². The number of carbonyl (C=O) groups excluding carboxylic acids is 2. The predicted molar refractivity (Wildman–Crippen MR) is 126 cm³/mol. The van der Waals surface area contributed by atoms with Crippen molar-refractivity contribution in [2.24, 2.45) is 9.98 Å². The molecule has 166 valence electrons. The summed E-state index contributed by atoms with van der Waals surface area (Å²) >= 11 is 1.30. The van der Waals surface area contributed by atoms with Crippen LogP contribution in [-0.4, -0.2) is 40.3 Å². The maximum Gasteiger partial charge on any atom is 0.259 e. The molecule has 0 saturated carbocycles. The summed E-state index contributed by atoms with van der Waals surface area (Å²) < 4.78 is 14.1. The van der Waals surface area contributed by atoms with E-state index in [0.717, 1.165) is 24.1 Å². The van der Waals surface area contributed by atoms with Gasteiger partial charge in [0.2, 0.25) is 5.91 Å². The molecule has 4 rings (SSSR count). The summed E-state index contributed by atoms with van der Waals surface area (Å²) in [6.45, 7) is 2.71. The molecule has 0 aliphatic carbocycles. The highest BCUT2D eigenvalue weighted by atomic mass is 32.2. The van der Waals surface area contributed by atoms with Gasteiger partial charge >= 0.3 is 0 Å². The van der Waals surface area contributed by atoms with Crippen molar-refractivity contribution in [1.82, 2.24) is 10.2 Å². The Labute approximate surface area is 191 Å². The van der Waals surface area contributed by atoms with E-state index < -0.39 is 6.04 Å². The molecule has 0 fully saturated rings. The maximum absolute atomic E-state index is 14.1. The number of hydrogen-bond donors (Lipinski definition) is 1. The van der Waals surface area contributed by atoms with Crippen molar-refractivity contribution >= 4 is 40.3 Å². The van der Waals surface area contributed by atoms with Crippen LogP contribution in [0.1, 0.15) is 43.7 Å². The van der Waals surface area contributed by atoms with Gasteiger partial charge in [-0.1, -0.05) is 55.4 Å². The fourth-order valence-corrected chi connectivity index (χ4v) is 4.59. The van der Waals surface area contributed by atoms with Gasteiger partial charge in [0, 0.05) is 24.3 Å². The first-order valence-corrected chi connectivity index (χ1v) is 11.8. The number of carbonyl (C=O) groups is 2. The number of nitrogens with one attached hydrogen (secondary N) is 1. The molecule has 0 radical (unpaired) electrons. The highest BCUT2D eigenvalue weighted by Gasteiger charge is 2.41. The smallest absolute Gasteiger partial charge is 0.259 e. The summed E-state index contributed by atoms with van der Waals surface area (Å²) in [4.78, 5) is 36.2. The lowest BCUT2D eigenvalue weighted by Crippen LogP contribution is -2.41. The van der Waals surface area contributed by atoms with Gasteiger partial charge in [-0.25, -0.2) is 14.3 Å². The molecule has 1 atom stereocenters. The number of halogens is 1. The van der Waals surface area contributed by atoms with Crippen LogP contribution in [0.3, 0.4) is 0 Å². The zero-order valence-electron chi connectivity index (χ0n) is 17.9. The number of rotatable bonds is 8. The van der Waals surface area contributed by atoms with Crippen molar-refractivity contribution in [1.29, 1.82) is 0 Å². The first-order valence-electron chi connectivity index (χ1n) is 10.8. The third-order valence-corrected chi connectivity index (χ3v) is 6.35. The second-order valence-corrected chi connectivity index (χ2v) is 8.62. The van der Waals surface area contributed by atoms with E-state index in [4.69, 9.17) is 0 Å².